The molecule has 0 aliphatic carbocycles. The molecule has 184 valence electrons. The average molecular weight is 441 g/mol. The van der Waals surface area contributed by atoms with Crippen molar-refractivity contribution >= 4 is 11.9 Å². The van der Waals surface area contributed by atoms with Gasteiger partial charge in [-0.3, -0.25) is 9.59 Å². The minimum Gasteiger partial charge on any atom is -0.480 e. The van der Waals surface area contributed by atoms with Gasteiger partial charge in [-0.15, -0.1) is 0 Å². The summed E-state index contributed by atoms with van der Waals surface area (Å²) in [7, 11) is 0. The normalized spacial score (nSPS) is 13.3. The van der Waals surface area contributed by atoms with Gasteiger partial charge < -0.3 is 10.2 Å². The Labute approximate surface area is 192 Å². The van der Waals surface area contributed by atoms with Crippen molar-refractivity contribution in [3.63, 3.8) is 0 Å². The number of rotatable bonds is 21. The fourth-order valence-electron chi connectivity index (χ4n) is 5.68. The predicted octanol–water partition coefficient (Wildman–Crippen LogP) is 8.48. The summed E-state index contributed by atoms with van der Waals surface area (Å²) in [4.78, 5) is 25.8. The molecular formula is C27H52O4. The van der Waals surface area contributed by atoms with Crippen molar-refractivity contribution in [1.82, 2.24) is 0 Å². The molecule has 0 aliphatic heterocycles. The van der Waals surface area contributed by atoms with E-state index in [0.29, 0.717) is 19.3 Å². The number of carboxylic acid groups (broad SMARTS) is 2. The first-order valence-corrected chi connectivity index (χ1v) is 13.3. The van der Waals surface area contributed by atoms with Gasteiger partial charge in [0.1, 0.15) is 0 Å². The maximum Gasteiger partial charge on any atom is 0.321 e. The van der Waals surface area contributed by atoms with Crippen molar-refractivity contribution in [2.45, 2.75) is 144 Å². The molecule has 31 heavy (non-hydrogen) atoms. The zero-order valence-corrected chi connectivity index (χ0v) is 21.3. The molecule has 0 saturated heterocycles. The summed E-state index contributed by atoms with van der Waals surface area (Å²) in [6.45, 7) is 10.6. The lowest BCUT2D eigenvalue weighted by atomic mass is 9.50. The van der Waals surface area contributed by atoms with Crippen molar-refractivity contribution in [3.05, 3.63) is 0 Å². The molecule has 0 fully saturated rings. The predicted molar refractivity (Wildman–Crippen MR) is 130 cm³/mol. The van der Waals surface area contributed by atoms with Crippen molar-refractivity contribution < 1.29 is 19.8 Å². The zero-order chi connectivity index (χ0) is 23.8. The molecule has 0 heterocycles. The Morgan fingerprint density at radius 2 is 1.00 bits per heavy atom. The van der Waals surface area contributed by atoms with E-state index < -0.39 is 22.8 Å². The topological polar surface area (TPSA) is 74.6 Å². The van der Waals surface area contributed by atoms with E-state index in [4.69, 9.17) is 0 Å². The standard InChI is InChI=1S/C27H52O4/c1-6-11-16-17-19-23(18-12-7-2)26(20-13-8-3,21-14-9-4)27(24(28)29,25(30)31)22-15-10-5/h23H,6-22H2,1-5H3,(H,28,29)(H,30,31). The van der Waals surface area contributed by atoms with E-state index in [1.165, 1.54) is 12.8 Å². The monoisotopic (exact) mass is 440 g/mol. The van der Waals surface area contributed by atoms with Crippen LogP contribution in [0.25, 0.3) is 0 Å². The number of hydrogen-bond acceptors (Lipinski definition) is 2. The van der Waals surface area contributed by atoms with Crippen molar-refractivity contribution in [3.8, 4) is 0 Å². The highest BCUT2D eigenvalue weighted by Gasteiger charge is 2.63. The van der Waals surface area contributed by atoms with E-state index in [-0.39, 0.29) is 12.3 Å². The largest absolute Gasteiger partial charge is 0.480 e. The van der Waals surface area contributed by atoms with Crippen LogP contribution in [-0.4, -0.2) is 22.2 Å². The van der Waals surface area contributed by atoms with E-state index in [1.54, 1.807) is 0 Å². The highest BCUT2D eigenvalue weighted by Crippen LogP contribution is 2.58. The Balaban J connectivity index is 6.63. The maximum atomic E-state index is 12.9. The van der Waals surface area contributed by atoms with Gasteiger partial charge in [-0.05, 0) is 38.0 Å². The fraction of sp³-hybridized carbons (Fsp3) is 0.926. The molecule has 2 N–H and O–H groups in total. The summed E-state index contributed by atoms with van der Waals surface area (Å²) in [6, 6.07) is 0. The summed E-state index contributed by atoms with van der Waals surface area (Å²) < 4.78 is 0. The number of unbranched alkanes of at least 4 members (excludes halogenated alkanes) is 7. The van der Waals surface area contributed by atoms with Crippen LogP contribution in [0.5, 0.6) is 0 Å². The number of carbonyl (C=O) groups is 2. The molecule has 0 aromatic carbocycles. The Kier molecular flexibility index (Phi) is 16.0. The van der Waals surface area contributed by atoms with Crippen molar-refractivity contribution in [2.24, 2.45) is 16.7 Å². The summed E-state index contributed by atoms with van der Waals surface area (Å²) in [5.41, 5.74) is -2.36. The number of carboxylic acids is 2. The van der Waals surface area contributed by atoms with E-state index in [9.17, 15) is 19.8 Å². The molecule has 0 rings (SSSR count). The Hall–Kier alpha value is -1.06. The van der Waals surface area contributed by atoms with E-state index in [1.807, 2.05) is 6.92 Å². The van der Waals surface area contributed by atoms with Crippen LogP contribution in [0.2, 0.25) is 0 Å². The van der Waals surface area contributed by atoms with E-state index in [2.05, 4.69) is 27.7 Å². The summed E-state index contributed by atoms with van der Waals surface area (Å²) in [6.07, 6.45) is 15.5. The van der Waals surface area contributed by atoms with Crippen molar-refractivity contribution in [2.75, 3.05) is 0 Å². The molecule has 0 aliphatic rings. The molecule has 0 aromatic heterocycles. The molecule has 0 bridgehead atoms. The lowest BCUT2D eigenvalue weighted by Crippen LogP contribution is -2.57. The van der Waals surface area contributed by atoms with Crippen LogP contribution >= 0.6 is 0 Å². The quantitative estimate of drug-likeness (QED) is 0.139. The van der Waals surface area contributed by atoms with Crippen LogP contribution in [-0.2, 0) is 9.59 Å². The van der Waals surface area contributed by atoms with Gasteiger partial charge in [0.15, 0.2) is 5.41 Å². The van der Waals surface area contributed by atoms with Gasteiger partial charge >= 0.3 is 11.9 Å². The first-order chi connectivity index (χ1) is 14.8. The minimum absolute atomic E-state index is 0.159. The number of hydrogen-bond donors (Lipinski definition) is 2. The second kappa shape index (κ2) is 16.6. The third kappa shape index (κ3) is 8.09. The molecule has 0 radical (unpaired) electrons. The Morgan fingerprint density at radius 3 is 1.42 bits per heavy atom. The van der Waals surface area contributed by atoms with Crippen LogP contribution in [0.3, 0.4) is 0 Å². The zero-order valence-electron chi connectivity index (χ0n) is 21.3. The molecular weight excluding hydrogens is 388 g/mol. The molecule has 1 unspecified atom stereocenters. The molecule has 4 heteroatoms. The first-order valence-electron chi connectivity index (χ1n) is 13.3. The second-order valence-electron chi connectivity index (χ2n) is 9.67. The molecule has 0 amide bonds. The van der Waals surface area contributed by atoms with Crippen LogP contribution in [0.15, 0.2) is 0 Å². The van der Waals surface area contributed by atoms with Gasteiger partial charge in [0.2, 0.25) is 0 Å². The molecule has 0 saturated carbocycles. The minimum atomic E-state index is -1.68. The number of aliphatic carboxylic acids is 2. The average Bonchev–Trinajstić information content (AvgIpc) is 2.74. The third-order valence-electron chi connectivity index (χ3n) is 7.53. The fourth-order valence-corrected chi connectivity index (χ4v) is 5.68. The highest BCUT2D eigenvalue weighted by molar-refractivity contribution is 5.99. The van der Waals surface area contributed by atoms with Gasteiger partial charge in [0, 0.05) is 5.41 Å². The van der Waals surface area contributed by atoms with Crippen LogP contribution in [0, 0.1) is 16.7 Å². The van der Waals surface area contributed by atoms with Crippen molar-refractivity contribution in [1.29, 1.82) is 0 Å². The Bertz CT molecular complexity index is 464. The van der Waals surface area contributed by atoms with Gasteiger partial charge in [0.25, 0.3) is 0 Å². The summed E-state index contributed by atoms with van der Waals surface area (Å²) >= 11 is 0. The van der Waals surface area contributed by atoms with E-state index >= 15 is 0 Å². The lowest BCUT2D eigenvalue weighted by Gasteiger charge is -2.51. The molecule has 4 nitrogen and oxygen atoms in total. The third-order valence-corrected chi connectivity index (χ3v) is 7.53. The highest BCUT2D eigenvalue weighted by atomic mass is 16.4. The SMILES string of the molecule is CCCCCCC(CCCC)C(CCCC)(CCCC)C(CCCC)(C(=O)O)C(=O)O. The van der Waals surface area contributed by atoms with E-state index in [0.717, 1.165) is 70.6 Å². The molecule has 1 atom stereocenters. The smallest absolute Gasteiger partial charge is 0.321 e. The molecule has 0 aromatic rings. The van der Waals surface area contributed by atoms with Gasteiger partial charge in [-0.2, -0.15) is 0 Å². The maximum absolute atomic E-state index is 12.9. The lowest BCUT2D eigenvalue weighted by molar-refractivity contribution is -0.185. The Morgan fingerprint density at radius 1 is 0.581 bits per heavy atom. The van der Waals surface area contributed by atoms with Crippen LogP contribution < -0.4 is 0 Å². The summed E-state index contributed by atoms with van der Waals surface area (Å²) in [5, 5.41) is 21.1. The van der Waals surface area contributed by atoms with Gasteiger partial charge in [-0.25, -0.2) is 0 Å². The first kappa shape index (κ1) is 29.9. The van der Waals surface area contributed by atoms with Gasteiger partial charge in [0.05, 0.1) is 0 Å². The summed E-state index contributed by atoms with van der Waals surface area (Å²) in [5.74, 6) is -2.04. The van der Waals surface area contributed by atoms with Gasteiger partial charge in [-0.1, -0.05) is 112 Å². The van der Waals surface area contributed by atoms with Crippen LogP contribution in [0.4, 0.5) is 0 Å². The molecule has 0 spiro atoms. The second-order valence-corrected chi connectivity index (χ2v) is 9.67. The van der Waals surface area contributed by atoms with Crippen LogP contribution in [0.1, 0.15) is 144 Å².